The Labute approximate surface area is 121 Å². The Kier molecular flexibility index (Phi) is 4.83. The van der Waals surface area contributed by atoms with Crippen LogP contribution in [0.25, 0.3) is 0 Å². The van der Waals surface area contributed by atoms with E-state index in [1.54, 1.807) is 0 Å². The third kappa shape index (κ3) is 3.94. The molecule has 1 aromatic rings. The first-order valence-corrected chi connectivity index (χ1v) is 6.10. The van der Waals surface area contributed by atoms with E-state index < -0.39 is 42.2 Å². The highest BCUT2D eigenvalue weighted by molar-refractivity contribution is 6.19. The number of nitrogens with zero attached hydrogens (tertiary/aromatic N) is 1. The molecule has 1 saturated heterocycles. The van der Waals surface area contributed by atoms with E-state index in [9.17, 15) is 22.8 Å². The topological polar surface area (TPSA) is 84.4 Å². The Balaban J connectivity index is 2.14. The number of carbonyl (C=O) groups excluding carboxylic acids is 1. The minimum Gasteiger partial charge on any atom is -0.321 e. The summed E-state index contributed by atoms with van der Waals surface area (Å²) in [6.45, 7) is -0.983. The largest absolute Gasteiger partial charge is 0.321 e. The van der Waals surface area contributed by atoms with Crippen LogP contribution in [0.1, 0.15) is 0 Å². The van der Waals surface area contributed by atoms with E-state index in [-0.39, 0.29) is 5.69 Å². The van der Waals surface area contributed by atoms with Crippen molar-refractivity contribution < 1.29 is 22.7 Å². The molecule has 2 unspecified atom stereocenters. The number of nitrogens with one attached hydrogen (secondary N) is 3. The predicted octanol–water partition coefficient (Wildman–Crippen LogP) is 0.164. The lowest BCUT2D eigenvalue weighted by Gasteiger charge is -2.12. The lowest BCUT2D eigenvalue weighted by atomic mass is 10.3. The van der Waals surface area contributed by atoms with Gasteiger partial charge in [-0.2, -0.15) is 0 Å². The van der Waals surface area contributed by atoms with Gasteiger partial charge in [-0.1, -0.05) is 11.6 Å². The van der Waals surface area contributed by atoms with Crippen LogP contribution >= 0.6 is 11.6 Å². The molecule has 0 aliphatic carbocycles. The number of hydrazine groups is 1. The Morgan fingerprint density at radius 3 is 2.81 bits per heavy atom. The van der Waals surface area contributed by atoms with Gasteiger partial charge in [0.15, 0.2) is 11.5 Å². The van der Waals surface area contributed by atoms with E-state index in [1.165, 1.54) is 0 Å². The maximum atomic E-state index is 13.4. The number of carbonyl (C=O) groups is 1. The number of anilines is 1. The Bertz CT molecular complexity index is 597. The summed E-state index contributed by atoms with van der Waals surface area (Å²) in [5.74, 6) is -2.01. The number of ether oxygens (including phenoxy) is 1. The van der Waals surface area contributed by atoms with E-state index >= 15 is 0 Å². The van der Waals surface area contributed by atoms with Crippen molar-refractivity contribution in [1.82, 2.24) is 15.4 Å². The number of hydrogen-bond donors (Lipinski definition) is 3. The quantitative estimate of drug-likeness (QED) is 0.542. The molecule has 1 aliphatic rings. The molecule has 1 aromatic heterocycles. The smallest absolute Gasteiger partial charge is 0.286 e. The number of alkyl halides is 3. The van der Waals surface area contributed by atoms with Gasteiger partial charge in [0.2, 0.25) is 6.23 Å². The fourth-order valence-corrected chi connectivity index (χ4v) is 1.78. The van der Waals surface area contributed by atoms with Gasteiger partial charge >= 0.3 is 0 Å². The van der Waals surface area contributed by atoms with Crippen molar-refractivity contribution in [3.63, 3.8) is 0 Å². The predicted molar refractivity (Wildman–Crippen MR) is 66.1 cm³/mol. The minimum absolute atomic E-state index is 0.166. The maximum absolute atomic E-state index is 13.4. The summed E-state index contributed by atoms with van der Waals surface area (Å²) in [5, 5.41) is 2.22. The van der Waals surface area contributed by atoms with E-state index in [0.29, 0.717) is 4.57 Å². The molecule has 2 rings (SSSR count). The van der Waals surface area contributed by atoms with Gasteiger partial charge in [0.05, 0.1) is 12.2 Å². The lowest BCUT2D eigenvalue weighted by molar-refractivity contribution is -0.126. The molecular formula is C10H10ClF3N4O3. The zero-order chi connectivity index (χ0) is 15.6. The summed E-state index contributed by atoms with van der Waals surface area (Å²) < 4.78 is 43.3. The standard InChI is InChI=1S/C10H10ClF3N4O3/c11-10-17-16-8(21-10)7(19)15-4-1-5(12)9(20)18(2-4)3-6(13)14/h1-2,6,8,10,16-17H,3H2,(H,15,19). The highest BCUT2D eigenvalue weighted by atomic mass is 35.5. The molecule has 0 spiro atoms. The van der Waals surface area contributed by atoms with Crippen molar-refractivity contribution in [1.29, 1.82) is 0 Å². The van der Waals surface area contributed by atoms with E-state index in [0.717, 1.165) is 12.3 Å². The zero-order valence-corrected chi connectivity index (χ0v) is 11.0. The normalized spacial score (nSPS) is 21.8. The van der Waals surface area contributed by atoms with Crippen molar-refractivity contribution in [2.24, 2.45) is 0 Å². The van der Waals surface area contributed by atoms with Gasteiger partial charge in [-0.3, -0.25) is 9.59 Å². The van der Waals surface area contributed by atoms with Crippen molar-refractivity contribution in [3.8, 4) is 0 Å². The second kappa shape index (κ2) is 6.43. The number of rotatable bonds is 4. The van der Waals surface area contributed by atoms with Crippen molar-refractivity contribution in [2.45, 2.75) is 24.9 Å². The monoisotopic (exact) mass is 326 g/mol. The minimum atomic E-state index is -2.84. The van der Waals surface area contributed by atoms with Crippen LogP contribution < -0.4 is 21.7 Å². The highest BCUT2D eigenvalue weighted by Crippen LogP contribution is 2.11. The third-order valence-corrected chi connectivity index (χ3v) is 2.68. The summed E-state index contributed by atoms with van der Waals surface area (Å²) in [7, 11) is 0. The molecule has 1 amide bonds. The first kappa shape index (κ1) is 15.8. The molecule has 3 N–H and O–H groups in total. The fourth-order valence-electron chi connectivity index (χ4n) is 1.62. The number of amides is 1. The van der Waals surface area contributed by atoms with Crippen LogP contribution in [0.15, 0.2) is 17.1 Å². The number of pyridine rings is 1. The van der Waals surface area contributed by atoms with Gasteiger partial charge in [-0.15, -0.1) is 0 Å². The second-order valence-electron chi connectivity index (χ2n) is 4.04. The van der Waals surface area contributed by atoms with Crippen LogP contribution in [0.5, 0.6) is 0 Å². The molecule has 2 atom stereocenters. The molecule has 0 aromatic carbocycles. The Hall–Kier alpha value is -1.62. The second-order valence-corrected chi connectivity index (χ2v) is 4.43. The summed E-state index contributed by atoms with van der Waals surface area (Å²) in [6, 6.07) is 0.725. The summed E-state index contributed by atoms with van der Waals surface area (Å²) in [6.07, 6.45) is -3.07. The molecule has 1 fully saturated rings. The van der Waals surface area contributed by atoms with Crippen LogP contribution in [-0.2, 0) is 16.1 Å². The van der Waals surface area contributed by atoms with Gasteiger partial charge in [-0.05, 0) is 0 Å². The number of aromatic nitrogens is 1. The molecular weight excluding hydrogens is 317 g/mol. The molecule has 21 heavy (non-hydrogen) atoms. The summed E-state index contributed by atoms with van der Waals surface area (Å²) >= 11 is 5.52. The van der Waals surface area contributed by atoms with Gasteiger partial charge in [-0.25, -0.2) is 24.0 Å². The molecule has 1 aliphatic heterocycles. The summed E-state index contributed by atoms with van der Waals surface area (Å²) in [4.78, 5) is 23.1. The van der Waals surface area contributed by atoms with E-state index in [1.807, 2.05) is 0 Å². The number of halogens is 4. The summed E-state index contributed by atoms with van der Waals surface area (Å²) in [5.41, 5.74) is 2.50. The molecule has 0 saturated carbocycles. The first-order chi connectivity index (χ1) is 9.86. The maximum Gasteiger partial charge on any atom is 0.286 e. The van der Waals surface area contributed by atoms with Crippen LogP contribution in [0.4, 0.5) is 18.9 Å². The average molecular weight is 327 g/mol. The van der Waals surface area contributed by atoms with E-state index in [4.69, 9.17) is 16.3 Å². The zero-order valence-electron chi connectivity index (χ0n) is 10.3. The molecule has 7 nitrogen and oxygen atoms in total. The van der Waals surface area contributed by atoms with Crippen molar-refractivity contribution >= 4 is 23.2 Å². The van der Waals surface area contributed by atoms with Crippen molar-refractivity contribution in [2.75, 3.05) is 5.32 Å². The van der Waals surface area contributed by atoms with Gasteiger partial charge in [0.1, 0.15) is 0 Å². The molecule has 116 valence electrons. The average Bonchev–Trinajstić information content (AvgIpc) is 2.81. The van der Waals surface area contributed by atoms with Gasteiger partial charge in [0.25, 0.3) is 17.9 Å². The number of hydrogen-bond acceptors (Lipinski definition) is 5. The van der Waals surface area contributed by atoms with Crippen LogP contribution in [0, 0.1) is 5.82 Å². The molecule has 2 heterocycles. The van der Waals surface area contributed by atoms with E-state index in [2.05, 4.69) is 16.2 Å². The molecule has 11 heteroatoms. The van der Waals surface area contributed by atoms with Gasteiger partial charge < -0.3 is 14.6 Å². The molecule has 0 bridgehead atoms. The SMILES string of the molecule is O=C(Nc1cc(F)c(=O)n(CC(F)F)c1)C1NNC(Cl)O1. The van der Waals surface area contributed by atoms with Crippen LogP contribution in [0.3, 0.4) is 0 Å². The first-order valence-electron chi connectivity index (χ1n) is 5.66. The Morgan fingerprint density at radius 2 is 2.24 bits per heavy atom. The third-order valence-electron chi connectivity index (χ3n) is 2.47. The fraction of sp³-hybridized carbons (Fsp3) is 0.400. The van der Waals surface area contributed by atoms with Crippen LogP contribution in [0.2, 0.25) is 0 Å². The molecule has 0 radical (unpaired) electrons. The van der Waals surface area contributed by atoms with Crippen molar-refractivity contribution in [3.05, 3.63) is 28.4 Å². The Morgan fingerprint density at radius 1 is 1.52 bits per heavy atom. The highest BCUT2D eigenvalue weighted by Gasteiger charge is 2.28. The lowest BCUT2D eigenvalue weighted by Crippen LogP contribution is -2.40. The van der Waals surface area contributed by atoms with Crippen LogP contribution in [-0.4, -0.2) is 28.8 Å². The van der Waals surface area contributed by atoms with Gasteiger partial charge in [0, 0.05) is 12.3 Å².